The van der Waals surface area contributed by atoms with Crippen molar-refractivity contribution < 1.29 is 23.4 Å². The summed E-state index contributed by atoms with van der Waals surface area (Å²) in [5, 5.41) is 6.92. The molecule has 44 heavy (non-hydrogen) atoms. The lowest BCUT2D eigenvalue weighted by Crippen LogP contribution is -2.37. The van der Waals surface area contributed by atoms with E-state index in [-0.39, 0.29) is 34.4 Å². The fourth-order valence-corrected chi connectivity index (χ4v) is 7.33. The number of nitrogens with zero attached hydrogens (tertiary/aromatic N) is 2. The first kappa shape index (κ1) is 29.6. The van der Waals surface area contributed by atoms with Crippen LogP contribution in [0.15, 0.2) is 53.1 Å². The standard InChI is InChI=1S/C33H35BrClFN4O4/c1-31(2)18-42-17-27(31)38-23-14-19(34)13-22(36)28(23)39-30(41)21-15-33(21)9-11-40(12-10-33)24-5-4-6-25-29(24)44-32(3,43-25)26-8-7-20(35)16-37-26/h4-8,13-14,16,21,27,38H,9-12,15,17-18H2,1-3H3,(H,39,41)/t21-,27+,32?/m0/s1. The molecule has 232 valence electrons. The van der Waals surface area contributed by atoms with Gasteiger partial charge in [-0.25, -0.2) is 4.39 Å². The SMILES string of the molecule is CC1(c2ccc(Cl)cn2)Oc2cccc(N3CCC4(CC3)C[C@H]4C(=O)Nc3c(F)cc(Br)cc3N[C@@H]3COCC3(C)C)c2O1. The van der Waals surface area contributed by atoms with Gasteiger partial charge in [-0.2, -0.15) is 0 Å². The van der Waals surface area contributed by atoms with Gasteiger partial charge in [-0.15, -0.1) is 0 Å². The second-order valence-corrected chi connectivity index (χ2v) is 14.6. The predicted molar refractivity (Wildman–Crippen MR) is 171 cm³/mol. The molecule has 7 rings (SSSR count). The molecule has 3 aromatic rings. The highest BCUT2D eigenvalue weighted by atomic mass is 79.9. The van der Waals surface area contributed by atoms with Crippen molar-refractivity contribution in [2.24, 2.45) is 16.7 Å². The summed E-state index contributed by atoms with van der Waals surface area (Å²) in [4.78, 5) is 20.2. The van der Waals surface area contributed by atoms with Crippen LogP contribution in [-0.4, -0.2) is 43.2 Å². The van der Waals surface area contributed by atoms with Crippen molar-refractivity contribution in [1.82, 2.24) is 4.98 Å². The Labute approximate surface area is 269 Å². The molecule has 1 spiro atoms. The Morgan fingerprint density at radius 3 is 2.64 bits per heavy atom. The predicted octanol–water partition coefficient (Wildman–Crippen LogP) is 7.36. The molecule has 3 fully saturated rings. The Balaban J connectivity index is 1.02. The van der Waals surface area contributed by atoms with Gasteiger partial charge in [-0.05, 0) is 61.1 Å². The van der Waals surface area contributed by atoms with Crippen LogP contribution in [0.25, 0.3) is 0 Å². The topological polar surface area (TPSA) is 85.0 Å². The molecular formula is C33H35BrClFN4O4. The van der Waals surface area contributed by atoms with Gasteiger partial charge in [-0.1, -0.05) is 47.4 Å². The van der Waals surface area contributed by atoms with Crippen molar-refractivity contribution in [1.29, 1.82) is 0 Å². The average Bonchev–Trinajstić information content (AvgIpc) is 3.39. The maximum atomic E-state index is 15.2. The van der Waals surface area contributed by atoms with E-state index in [0.717, 1.165) is 38.0 Å². The fourth-order valence-electron chi connectivity index (χ4n) is 6.79. The number of benzene rings is 2. The summed E-state index contributed by atoms with van der Waals surface area (Å²) >= 11 is 9.44. The van der Waals surface area contributed by atoms with E-state index in [1.807, 2.05) is 31.2 Å². The zero-order valence-electron chi connectivity index (χ0n) is 24.9. The van der Waals surface area contributed by atoms with Crippen molar-refractivity contribution in [3.05, 3.63) is 69.7 Å². The smallest absolute Gasteiger partial charge is 0.292 e. The first-order chi connectivity index (χ1) is 21.0. The Morgan fingerprint density at radius 2 is 1.93 bits per heavy atom. The van der Waals surface area contributed by atoms with Gasteiger partial charge in [0.2, 0.25) is 5.91 Å². The number of anilines is 3. The zero-order chi connectivity index (χ0) is 30.9. The molecule has 2 saturated heterocycles. The number of carbonyl (C=O) groups excluding carboxylic acids is 1. The molecule has 8 nitrogen and oxygen atoms in total. The summed E-state index contributed by atoms with van der Waals surface area (Å²) in [5.41, 5.74) is 2.14. The van der Waals surface area contributed by atoms with Crippen molar-refractivity contribution in [3.8, 4) is 11.5 Å². The van der Waals surface area contributed by atoms with Crippen molar-refractivity contribution in [2.75, 3.05) is 41.8 Å². The van der Waals surface area contributed by atoms with Crippen LogP contribution in [0.2, 0.25) is 5.02 Å². The largest absolute Gasteiger partial charge is 0.443 e. The van der Waals surface area contributed by atoms with Gasteiger partial charge in [0.25, 0.3) is 5.79 Å². The minimum atomic E-state index is -1.06. The van der Waals surface area contributed by atoms with E-state index < -0.39 is 11.6 Å². The number of ether oxygens (including phenoxy) is 3. The maximum Gasteiger partial charge on any atom is 0.292 e. The molecule has 3 atom stereocenters. The number of halogens is 3. The Kier molecular flexibility index (Phi) is 7.25. The highest BCUT2D eigenvalue weighted by Crippen LogP contribution is 2.61. The minimum Gasteiger partial charge on any atom is -0.443 e. The number of aromatic nitrogens is 1. The van der Waals surface area contributed by atoms with Crippen molar-refractivity contribution in [2.45, 2.75) is 51.9 Å². The number of fused-ring (bicyclic) bond motifs is 1. The number of pyridine rings is 1. The van der Waals surface area contributed by atoms with E-state index in [9.17, 15) is 4.79 Å². The molecule has 2 N–H and O–H groups in total. The van der Waals surface area contributed by atoms with Gasteiger partial charge < -0.3 is 29.7 Å². The second kappa shape index (κ2) is 10.8. The molecule has 1 aromatic heterocycles. The van der Waals surface area contributed by atoms with E-state index in [1.54, 1.807) is 18.3 Å². The Morgan fingerprint density at radius 1 is 1.14 bits per heavy atom. The molecule has 1 amide bonds. The number of carbonyl (C=O) groups is 1. The minimum absolute atomic E-state index is 0.00224. The van der Waals surface area contributed by atoms with Crippen LogP contribution in [0.5, 0.6) is 11.5 Å². The van der Waals surface area contributed by atoms with Gasteiger partial charge in [0.1, 0.15) is 17.2 Å². The molecule has 3 aliphatic heterocycles. The lowest BCUT2D eigenvalue weighted by molar-refractivity contribution is -0.118. The van der Waals surface area contributed by atoms with Crippen LogP contribution in [-0.2, 0) is 15.3 Å². The number of amides is 1. The summed E-state index contributed by atoms with van der Waals surface area (Å²) in [6.07, 6.45) is 4.09. The van der Waals surface area contributed by atoms with Crippen LogP contribution >= 0.6 is 27.5 Å². The van der Waals surface area contributed by atoms with Crippen molar-refractivity contribution in [3.63, 3.8) is 0 Å². The summed E-state index contributed by atoms with van der Waals surface area (Å²) in [5.74, 6) is -0.470. The third-order valence-electron chi connectivity index (χ3n) is 9.69. The van der Waals surface area contributed by atoms with E-state index in [2.05, 4.69) is 50.3 Å². The van der Waals surface area contributed by atoms with Gasteiger partial charge >= 0.3 is 0 Å². The van der Waals surface area contributed by atoms with E-state index in [1.165, 1.54) is 6.07 Å². The normalized spacial score (nSPS) is 26.1. The number of hydrogen-bond acceptors (Lipinski definition) is 7. The molecule has 2 aromatic carbocycles. The molecule has 1 aliphatic carbocycles. The van der Waals surface area contributed by atoms with Crippen molar-refractivity contribution >= 4 is 50.5 Å². The first-order valence-corrected chi connectivity index (χ1v) is 16.2. The number of para-hydroxylation sites is 1. The lowest BCUT2D eigenvalue weighted by atomic mass is 9.88. The van der Waals surface area contributed by atoms with Crippen LogP contribution in [0, 0.1) is 22.6 Å². The Hall–Kier alpha value is -3.08. The lowest BCUT2D eigenvalue weighted by Gasteiger charge is -2.35. The molecule has 0 bridgehead atoms. The monoisotopic (exact) mass is 684 g/mol. The molecular weight excluding hydrogens is 651 g/mol. The number of rotatable bonds is 6. The molecule has 11 heteroatoms. The molecule has 4 aliphatic rings. The third-order valence-corrected chi connectivity index (χ3v) is 10.4. The number of piperidine rings is 1. The van der Waals surface area contributed by atoms with Gasteiger partial charge in [-0.3, -0.25) is 9.78 Å². The van der Waals surface area contributed by atoms with Crippen LogP contribution in [0.4, 0.5) is 21.5 Å². The van der Waals surface area contributed by atoms with Crippen LogP contribution in [0.1, 0.15) is 45.7 Å². The second-order valence-electron chi connectivity index (χ2n) is 13.2. The molecule has 0 radical (unpaired) electrons. The first-order valence-electron chi connectivity index (χ1n) is 15.0. The molecule has 1 saturated carbocycles. The van der Waals surface area contributed by atoms with E-state index in [4.69, 9.17) is 25.8 Å². The van der Waals surface area contributed by atoms with Crippen LogP contribution < -0.4 is 25.0 Å². The van der Waals surface area contributed by atoms with Gasteiger partial charge in [0.15, 0.2) is 11.5 Å². The summed E-state index contributed by atoms with van der Waals surface area (Å²) in [6.45, 7) is 8.77. The highest BCUT2D eigenvalue weighted by molar-refractivity contribution is 9.10. The van der Waals surface area contributed by atoms with E-state index >= 15 is 4.39 Å². The summed E-state index contributed by atoms with van der Waals surface area (Å²) in [6, 6.07) is 12.7. The maximum absolute atomic E-state index is 15.2. The molecule has 1 unspecified atom stereocenters. The van der Waals surface area contributed by atoms with E-state index in [0.29, 0.717) is 45.6 Å². The summed E-state index contributed by atoms with van der Waals surface area (Å²) in [7, 11) is 0. The number of nitrogens with one attached hydrogen (secondary N) is 2. The zero-order valence-corrected chi connectivity index (χ0v) is 27.2. The average molecular weight is 686 g/mol. The summed E-state index contributed by atoms with van der Waals surface area (Å²) < 4.78 is 34.1. The fraction of sp³-hybridized carbons (Fsp3) is 0.455. The quantitative estimate of drug-likeness (QED) is 0.281. The van der Waals surface area contributed by atoms with Gasteiger partial charge in [0.05, 0.1) is 35.7 Å². The number of hydrogen-bond donors (Lipinski definition) is 2. The molecule has 4 heterocycles. The Bertz CT molecular complexity index is 1610. The van der Waals surface area contributed by atoms with Gasteiger partial charge in [0, 0.05) is 42.0 Å². The highest BCUT2D eigenvalue weighted by Gasteiger charge is 2.59. The van der Waals surface area contributed by atoms with Crippen LogP contribution in [0.3, 0.4) is 0 Å². The third kappa shape index (κ3) is 5.28.